The van der Waals surface area contributed by atoms with E-state index in [0.29, 0.717) is 28.4 Å². The molecule has 0 atom stereocenters. The molecule has 1 fully saturated rings. The van der Waals surface area contributed by atoms with Crippen LogP contribution >= 0.6 is 0 Å². The fraction of sp³-hybridized carbons (Fsp3) is 0.273. The van der Waals surface area contributed by atoms with Crippen molar-refractivity contribution in [2.45, 2.75) is 19.8 Å². The Morgan fingerprint density at radius 3 is 2.41 bits per heavy atom. The summed E-state index contributed by atoms with van der Waals surface area (Å²) in [5.74, 6) is 0.990. The monoisotopic (exact) mass is 391 g/mol. The number of benzene rings is 2. The molecule has 0 amide bonds. The van der Waals surface area contributed by atoms with Crippen molar-refractivity contribution in [3.8, 4) is 11.5 Å². The zero-order valence-corrected chi connectivity index (χ0v) is 16.5. The Kier molecular flexibility index (Phi) is 4.88. The Labute approximate surface area is 168 Å². The zero-order valence-electron chi connectivity index (χ0n) is 16.5. The molecular formula is C22H21N3O4. The number of aromatic nitrogens is 2. The van der Waals surface area contributed by atoms with E-state index in [-0.39, 0.29) is 11.7 Å². The minimum Gasteiger partial charge on any atom is -0.493 e. The van der Waals surface area contributed by atoms with Crippen LogP contribution in [0, 0.1) is 12.8 Å². The average molecular weight is 391 g/mol. The summed E-state index contributed by atoms with van der Waals surface area (Å²) < 4.78 is 10.7. The summed E-state index contributed by atoms with van der Waals surface area (Å²) in [7, 11) is 3.15. The van der Waals surface area contributed by atoms with Crippen LogP contribution in [0.25, 0.3) is 10.9 Å². The lowest BCUT2D eigenvalue weighted by Crippen LogP contribution is -2.16. The van der Waals surface area contributed by atoms with Crippen molar-refractivity contribution in [1.29, 1.82) is 0 Å². The fourth-order valence-corrected chi connectivity index (χ4v) is 3.23. The van der Waals surface area contributed by atoms with Crippen molar-refractivity contribution in [2.75, 3.05) is 19.5 Å². The smallest absolute Gasteiger partial charge is 0.228 e. The summed E-state index contributed by atoms with van der Waals surface area (Å²) in [6.07, 6.45) is 3.11. The number of nitrogens with zero attached hydrogens (tertiary/aromatic N) is 2. The molecule has 0 bridgehead atoms. The standard InChI is InChI=1S/C22H21N3O4/c1-12-8-14(21(27)20(26)13-4-5-13)6-7-16(12)25-22-15-9-18(28-2)19(29-3)10-17(15)23-11-24-22/h6-11,13H,4-5H2,1-3H3,(H,23,24,25). The van der Waals surface area contributed by atoms with Crippen LogP contribution in [-0.4, -0.2) is 35.8 Å². The number of fused-ring (bicyclic) bond motifs is 1. The van der Waals surface area contributed by atoms with Crippen LogP contribution in [0.15, 0.2) is 36.7 Å². The minimum atomic E-state index is -0.411. The molecule has 0 spiro atoms. The second-order valence-corrected chi connectivity index (χ2v) is 7.07. The fourth-order valence-electron chi connectivity index (χ4n) is 3.23. The van der Waals surface area contributed by atoms with E-state index in [4.69, 9.17) is 9.47 Å². The van der Waals surface area contributed by atoms with E-state index in [1.54, 1.807) is 38.5 Å². The van der Waals surface area contributed by atoms with E-state index in [1.165, 1.54) is 6.33 Å². The zero-order chi connectivity index (χ0) is 20.5. The average Bonchev–Trinajstić information content (AvgIpc) is 3.58. The van der Waals surface area contributed by atoms with Gasteiger partial charge in [-0.3, -0.25) is 9.59 Å². The van der Waals surface area contributed by atoms with Gasteiger partial charge in [0.25, 0.3) is 0 Å². The number of hydrogen-bond donors (Lipinski definition) is 1. The lowest BCUT2D eigenvalue weighted by atomic mass is 10.0. The van der Waals surface area contributed by atoms with E-state index in [2.05, 4.69) is 15.3 Å². The van der Waals surface area contributed by atoms with Gasteiger partial charge in [0.05, 0.1) is 19.7 Å². The SMILES string of the molecule is COc1cc2ncnc(Nc3ccc(C(=O)C(=O)C4CC4)cc3C)c2cc1OC. The lowest BCUT2D eigenvalue weighted by Gasteiger charge is -2.14. The number of nitrogens with one attached hydrogen (secondary N) is 1. The predicted octanol–water partition coefficient (Wildman–Crippen LogP) is 3.86. The number of Topliss-reactive ketones (excluding diaryl/α,β-unsaturated/α-hetero) is 2. The number of methoxy groups -OCH3 is 2. The molecular weight excluding hydrogens is 370 g/mol. The molecule has 1 N–H and O–H groups in total. The van der Waals surface area contributed by atoms with Gasteiger partial charge >= 0.3 is 0 Å². The number of ketones is 2. The van der Waals surface area contributed by atoms with Gasteiger partial charge in [-0.15, -0.1) is 0 Å². The van der Waals surface area contributed by atoms with Gasteiger partial charge in [-0.05, 0) is 49.6 Å². The quantitative estimate of drug-likeness (QED) is 0.483. The molecule has 7 nitrogen and oxygen atoms in total. The van der Waals surface area contributed by atoms with Gasteiger partial charge in [-0.1, -0.05) is 0 Å². The molecule has 1 saturated carbocycles. The van der Waals surface area contributed by atoms with E-state index in [0.717, 1.165) is 29.5 Å². The van der Waals surface area contributed by atoms with Crippen LogP contribution in [0.3, 0.4) is 0 Å². The molecule has 0 unspecified atom stereocenters. The van der Waals surface area contributed by atoms with Crippen LogP contribution in [0.5, 0.6) is 11.5 Å². The summed E-state index contributed by atoms with van der Waals surface area (Å²) in [5, 5.41) is 4.06. The summed E-state index contributed by atoms with van der Waals surface area (Å²) in [6.45, 7) is 1.88. The molecule has 2 aromatic carbocycles. The maximum atomic E-state index is 12.3. The first kappa shape index (κ1) is 18.9. The Hall–Kier alpha value is -3.48. The van der Waals surface area contributed by atoms with Gasteiger partial charge in [-0.2, -0.15) is 0 Å². The van der Waals surface area contributed by atoms with Gasteiger partial charge in [-0.25, -0.2) is 9.97 Å². The highest BCUT2D eigenvalue weighted by Gasteiger charge is 2.34. The number of ether oxygens (including phenoxy) is 2. The number of hydrogen-bond acceptors (Lipinski definition) is 7. The van der Waals surface area contributed by atoms with Crippen molar-refractivity contribution in [2.24, 2.45) is 5.92 Å². The first-order valence-corrected chi connectivity index (χ1v) is 9.34. The molecule has 0 radical (unpaired) electrons. The Balaban J connectivity index is 1.66. The molecule has 1 aliphatic carbocycles. The highest BCUT2D eigenvalue weighted by molar-refractivity contribution is 6.44. The maximum absolute atomic E-state index is 12.3. The van der Waals surface area contributed by atoms with Gasteiger partial charge in [0.1, 0.15) is 12.1 Å². The Bertz CT molecular complexity index is 1120. The van der Waals surface area contributed by atoms with Crippen molar-refractivity contribution in [1.82, 2.24) is 9.97 Å². The van der Waals surface area contributed by atoms with E-state index < -0.39 is 5.78 Å². The highest BCUT2D eigenvalue weighted by atomic mass is 16.5. The van der Waals surface area contributed by atoms with Crippen LogP contribution in [-0.2, 0) is 4.79 Å². The molecule has 1 aliphatic rings. The molecule has 29 heavy (non-hydrogen) atoms. The topological polar surface area (TPSA) is 90.4 Å². The third-order valence-corrected chi connectivity index (χ3v) is 5.05. The molecule has 3 aromatic rings. The number of rotatable bonds is 7. The predicted molar refractivity (Wildman–Crippen MR) is 109 cm³/mol. The van der Waals surface area contributed by atoms with Gasteiger partial charge in [0.15, 0.2) is 11.5 Å². The first-order valence-electron chi connectivity index (χ1n) is 9.34. The molecule has 148 valence electrons. The molecule has 1 aromatic heterocycles. The second-order valence-electron chi connectivity index (χ2n) is 7.07. The number of carbonyl (C=O) groups is 2. The highest BCUT2D eigenvalue weighted by Crippen LogP contribution is 2.35. The van der Waals surface area contributed by atoms with Crippen molar-refractivity contribution < 1.29 is 19.1 Å². The summed E-state index contributed by atoms with van der Waals surface area (Å²) in [4.78, 5) is 33.0. The van der Waals surface area contributed by atoms with Crippen molar-refractivity contribution in [3.05, 3.63) is 47.8 Å². The summed E-state index contributed by atoms with van der Waals surface area (Å²) in [6, 6.07) is 8.80. The molecule has 4 rings (SSSR count). The van der Waals surface area contributed by atoms with Gasteiger partial charge < -0.3 is 14.8 Å². The third kappa shape index (κ3) is 3.63. The number of anilines is 2. The van der Waals surface area contributed by atoms with E-state index in [9.17, 15) is 9.59 Å². The molecule has 7 heteroatoms. The lowest BCUT2D eigenvalue weighted by molar-refractivity contribution is -0.116. The maximum Gasteiger partial charge on any atom is 0.228 e. The first-order chi connectivity index (χ1) is 14.0. The summed E-state index contributed by atoms with van der Waals surface area (Å²) in [5.41, 5.74) is 2.76. The van der Waals surface area contributed by atoms with Crippen molar-refractivity contribution >= 4 is 34.0 Å². The van der Waals surface area contributed by atoms with E-state index >= 15 is 0 Å². The summed E-state index contributed by atoms with van der Waals surface area (Å²) >= 11 is 0. The van der Waals surface area contributed by atoms with Crippen LogP contribution in [0.1, 0.15) is 28.8 Å². The molecule has 0 aliphatic heterocycles. The number of aryl methyl sites for hydroxylation is 1. The Morgan fingerprint density at radius 1 is 1.03 bits per heavy atom. The van der Waals surface area contributed by atoms with E-state index in [1.807, 2.05) is 13.0 Å². The second kappa shape index (κ2) is 7.50. The molecule has 0 saturated heterocycles. The Morgan fingerprint density at radius 2 is 1.76 bits per heavy atom. The van der Waals surface area contributed by atoms with Crippen LogP contribution in [0.4, 0.5) is 11.5 Å². The minimum absolute atomic E-state index is 0.0834. The third-order valence-electron chi connectivity index (χ3n) is 5.05. The van der Waals surface area contributed by atoms with Crippen molar-refractivity contribution in [3.63, 3.8) is 0 Å². The van der Waals surface area contributed by atoms with Gasteiger partial charge in [0, 0.05) is 28.6 Å². The van der Waals surface area contributed by atoms with Crippen LogP contribution < -0.4 is 14.8 Å². The molecule has 1 heterocycles. The normalized spacial score (nSPS) is 13.2. The number of carbonyl (C=O) groups excluding carboxylic acids is 2. The van der Waals surface area contributed by atoms with Gasteiger partial charge in [0.2, 0.25) is 11.6 Å². The van der Waals surface area contributed by atoms with Crippen LogP contribution in [0.2, 0.25) is 0 Å². The largest absolute Gasteiger partial charge is 0.493 e.